The van der Waals surface area contributed by atoms with Gasteiger partial charge in [0.05, 0.1) is 16.0 Å². The first kappa shape index (κ1) is 21.8. The van der Waals surface area contributed by atoms with Gasteiger partial charge in [-0.1, -0.05) is 0 Å². The average Bonchev–Trinajstić information content (AvgIpc) is 3.29. The Balaban J connectivity index is 1.64. The van der Waals surface area contributed by atoms with Gasteiger partial charge in [-0.25, -0.2) is 14.3 Å². The maximum Gasteiger partial charge on any atom is 0.407 e. The van der Waals surface area contributed by atoms with Crippen molar-refractivity contribution in [3.8, 4) is 10.6 Å². The van der Waals surface area contributed by atoms with Crippen LogP contribution in [0.3, 0.4) is 0 Å². The smallest absolute Gasteiger partial charge is 0.407 e. The SMILES string of the molecule is CC(=O)c1ccc(-c2cnc3ccc(N(C)CCCNC(=O)OC(C)(C)C)nn23)s1. The Labute approximate surface area is 179 Å². The number of fused-ring (bicyclic) bond motifs is 1. The molecule has 0 aliphatic rings. The van der Waals surface area contributed by atoms with Gasteiger partial charge >= 0.3 is 6.09 Å². The number of aromatic nitrogens is 3. The molecule has 0 bridgehead atoms. The fourth-order valence-electron chi connectivity index (χ4n) is 2.84. The fraction of sp³-hybridized carbons (Fsp3) is 0.429. The number of ether oxygens (including phenoxy) is 1. The Morgan fingerprint density at radius 3 is 2.67 bits per heavy atom. The van der Waals surface area contributed by atoms with Crippen LogP contribution in [0.4, 0.5) is 10.6 Å². The maximum atomic E-state index is 11.7. The third kappa shape index (κ3) is 5.35. The van der Waals surface area contributed by atoms with Crippen LogP contribution in [0, 0.1) is 0 Å². The van der Waals surface area contributed by atoms with E-state index >= 15 is 0 Å². The number of ketones is 1. The Morgan fingerprint density at radius 2 is 2.00 bits per heavy atom. The molecule has 0 saturated heterocycles. The molecule has 1 amide bonds. The second-order valence-corrected chi connectivity index (χ2v) is 9.11. The minimum atomic E-state index is -0.504. The summed E-state index contributed by atoms with van der Waals surface area (Å²) >= 11 is 1.44. The van der Waals surface area contributed by atoms with E-state index in [0.717, 1.165) is 28.5 Å². The van der Waals surface area contributed by atoms with Crippen LogP contribution in [0.15, 0.2) is 30.5 Å². The van der Waals surface area contributed by atoms with Crippen molar-refractivity contribution in [1.82, 2.24) is 19.9 Å². The van der Waals surface area contributed by atoms with Crippen LogP contribution >= 0.6 is 11.3 Å². The first-order chi connectivity index (χ1) is 14.1. The number of carbonyl (C=O) groups excluding carboxylic acids is 2. The largest absolute Gasteiger partial charge is 0.444 e. The maximum absolute atomic E-state index is 11.7. The third-order valence-corrected chi connectivity index (χ3v) is 5.49. The quantitative estimate of drug-likeness (QED) is 0.451. The number of hydrogen-bond acceptors (Lipinski definition) is 7. The van der Waals surface area contributed by atoms with Crippen LogP contribution in [0.25, 0.3) is 16.2 Å². The third-order valence-electron chi connectivity index (χ3n) is 4.28. The van der Waals surface area contributed by atoms with Crippen LogP contribution < -0.4 is 10.2 Å². The highest BCUT2D eigenvalue weighted by Gasteiger charge is 2.16. The van der Waals surface area contributed by atoms with Gasteiger partial charge in [-0.2, -0.15) is 0 Å². The molecule has 3 aromatic rings. The number of alkyl carbamates (subject to hydrolysis) is 1. The molecule has 0 fully saturated rings. The predicted octanol–water partition coefficient (Wildman–Crippen LogP) is 4.01. The van der Waals surface area contributed by atoms with Gasteiger partial charge in [-0.15, -0.1) is 16.4 Å². The van der Waals surface area contributed by atoms with Gasteiger partial charge < -0.3 is 15.0 Å². The molecule has 0 radical (unpaired) electrons. The number of imidazole rings is 1. The van der Waals surface area contributed by atoms with E-state index in [-0.39, 0.29) is 5.78 Å². The first-order valence-corrected chi connectivity index (χ1v) is 10.6. The lowest BCUT2D eigenvalue weighted by molar-refractivity contribution is 0.0527. The zero-order valence-corrected chi connectivity index (χ0v) is 18.7. The normalized spacial score (nSPS) is 11.5. The summed E-state index contributed by atoms with van der Waals surface area (Å²) in [6.45, 7) is 8.30. The number of nitrogens with one attached hydrogen (secondary N) is 1. The zero-order chi connectivity index (χ0) is 21.9. The summed E-state index contributed by atoms with van der Waals surface area (Å²) in [4.78, 5) is 31.4. The zero-order valence-electron chi connectivity index (χ0n) is 17.9. The Morgan fingerprint density at radius 1 is 1.23 bits per heavy atom. The van der Waals surface area contributed by atoms with Crippen molar-refractivity contribution in [2.24, 2.45) is 0 Å². The number of hydrogen-bond donors (Lipinski definition) is 1. The molecule has 0 atom stereocenters. The summed E-state index contributed by atoms with van der Waals surface area (Å²) in [5, 5.41) is 7.48. The highest BCUT2D eigenvalue weighted by atomic mass is 32.1. The summed E-state index contributed by atoms with van der Waals surface area (Å²) in [5.41, 5.74) is 1.09. The lowest BCUT2D eigenvalue weighted by Gasteiger charge is -2.21. The number of anilines is 1. The molecule has 0 unspecified atom stereocenters. The summed E-state index contributed by atoms with van der Waals surface area (Å²) in [7, 11) is 1.96. The molecule has 30 heavy (non-hydrogen) atoms. The van der Waals surface area contributed by atoms with E-state index < -0.39 is 11.7 Å². The van der Waals surface area contributed by atoms with Crippen LogP contribution in [0.5, 0.6) is 0 Å². The minimum Gasteiger partial charge on any atom is -0.444 e. The number of carbonyl (C=O) groups is 2. The van der Waals surface area contributed by atoms with Gasteiger partial charge in [0.25, 0.3) is 0 Å². The van der Waals surface area contributed by atoms with Gasteiger partial charge in [0.15, 0.2) is 11.4 Å². The number of thiophene rings is 1. The average molecular weight is 430 g/mol. The molecule has 0 aromatic carbocycles. The molecule has 0 saturated carbocycles. The topological polar surface area (TPSA) is 88.8 Å². The van der Waals surface area contributed by atoms with E-state index in [4.69, 9.17) is 9.84 Å². The van der Waals surface area contributed by atoms with Gasteiger partial charge in [-0.05, 0) is 58.4 Å². The van der Waals surface area contributed by atoms with Crippen LogP contribution in [-0.4, -0.2) is 52.2 Å². The van der Waals surface area contributed by atoms with E-state index in [2.05, 4.69) is 10.3 Å². The lowest BCUT2D eigenvalue weighted by Crippen LogP contribution is -2.34. The molecular formula is C21H27N5O3S. The second-order valence-electron chi connectivity index (χ2n) is 8.03. The Bertz CT molecular complexity index is 1050. The van der Waals surface area contributed by atoms with Gasteiger partial charge in [0.2, 0.25) is 0 Å². The molecule has 160 valence electrons. The standard InChI is InChI=1S/C21H27N5O3S/c1-14(27)16-7-8-17(30-16)15-13-23-18-9-10-19(24-26(15)18)25(5)12-6-11-22-20(28)29-21(2,3)4/h7-10,13H,6,11-12H2,1-5H3,(H,22,28). The van der Waals surface area contributed by atoms with Crippen molar-refractivity contribution in [1.29, 1.82) is 0 Å². The highest BCUT2D eigenvalue weighted by Crippen LogP contribution is 2.29. The molecule has 1 N–H and O–H groups in total. The molecule has 3 rings (SSSR count). The molecule has 3 heterocycles. The van der Waals surface area contributed by atoms with Gasteiger partial charge in [0.1, 0.15) is 17.1 Å². The Kier molecular flexibility index (Phi) is 6.40. The molecular weight excluding hydrogens is 402 g/mol. The molecule has 3 aromatic heterocycles. The number of Topliss-reactive ketones (excluding diaryl/α,β-unsaturated/α-hetero) is 1. The van der Waals surface area contributed by atoms with E-state index in [1.54, 1.807) is 17.6 Å². The highest BCUT2D eigenvalue weighted by molar-refractivity contribution is 7.17. The summed E-state index contributed by atoms with van der Waals surface area (Å²) < 4.78 is 7.03. The van der Waals surface area contributed by atoms with Crippen LogP contribution in [0.2, 0.25) is 0 Å². The van der Waals surface area contributed by atoms with Crippen LogP contribution in [0.1, 0.15) is 43.8 Å². The van der Waals surface area contributed by atoms with Crippen molar-refractivity contribution in [2.45, 2.75) is 39.7 Å². The van der Waals surface area contributed by atoms with Crippen molar-refractivity contribution in [3.63, 3.8) is 0 Å². The summed E-state index contributed by atoms with van der Waals surface area (Å²) in [5.74, 6) is 0.843. The van der Waals surface area contributed by atoms with Crippen molar-refractivity contribution < 1.29 is 14.3 Å². The van der Waals surface area contributed by atoms with E-state index in [0.29, 0.717) is 18.0 Å². The Hall–Kier alpha value is -2.94. The van der Waals surface area contributed by atoms with E-state index in [1.807, 2.05) is 57.0 Å². The second kappa shape index (κ2) is 8.83. The molecule has 9 heteroatoms. The van der Waals surface area contributed by atoms with Crippen molar-refractivity contribution >= 4 is 34.7 Å². The van der Waals surface area contributed by atoms with E-state index in [9.17, 15) is 9.59 Å². The van der Waals surface area contributed by atoms with Crippen LogP contribution in [-0.2, 0) is 4.74 Å². The molecule has 0 aliphatic heterocycles. The number of amides is 1. The van der Waals surface area contributed by atoms with Gasteiger partial charge in [0, 0.05) is 20.1 Å². The minimum absolute atomic E-state index is 0.0495. The molecule has 0 aliphatic carbocycles. The van der Waals surface area contributed by atoms with Gasteiger partial charge in [-0.3, -0.25) is 4.79 Å². The summed E-state index contributed by atoms with van der Waals surface area (Å²) in [6, 6.07) is 7.59. The van der Waals surface area contributed by atoms with Crippen molar-refractivity contribution in [2.75, 3.05) is 25.0 Å². The number of rotatable bonds is 7. The monoisotopic (exact) mass is 429 g/mol. The molecule has 8 nitrogen and oxygen atoms in total. The summed E-state index contributed by atoms with van der Waals surface area (Å²) in [6.07, 6.45) is 2.11. The predicted molar refractivity (Wildman–Crippen MR) is 118 cm³/mol. The first-order valence-electron chi connectivity index (χ1n) is 9.78. The number of nitrogens with zero attached hydrogens (tertiary/aromatic N) is 4. The fourth-order valence-corrected chi connectivity index (χ4v) is 3.73. The molecule has 0 spiro atoms. The van der Waals surface area contributed by atoms with E-state index in [1.165, 1.54) is 11.3 Å². The van der Waals surface area contributed by atoms with Crippen molar-refractivity contribution in [3.05, 3.63) is 35.3 Å². The lowest BCUT2D eigenvalue weighted by atomic mass is 10.2.